The van der Waals surface area contributed by atoms with E-state index in [4.69, 9.17) is 4.42 Å². The van der Waals surface area contributed by atoms with Crippen molar-refractivity contribution in [1.29, 1.82) is 0 Å². The molecule has 3 aromatic rings. The third kappa shape index (κ3) is 6.25. The van der Waals surface area contributed by atoms with Gasteiger partial charge in [0, 0.05) is 43.5 Å². The topological polar surface area (TPSA) is 66.5 Å². The van der Waals surface area contributed by atoms with Crippen LogP contribution in [0.1, 0.15) is 59.8 Å². The number of fused-ring (bicyclic) bond motifs is 2. The van der Waals surface area contributed by atoms with E-state index >= 15 is 0 Å². The third-order valence-electron chi connectivity index (χ3n) is 8.37. The molecule has 0 saturated heterocycles. The maximum atomic E-state index is 10.8. The maximum absolute atomic E-state index is 10.8. The second-order valence-corrected chi connectivity index (χ2v) is 10.7. The molecule has 2 aromatic heterocycles. The van der Waals surface area contributed by atoms with E-state index in [9.17, 15) is 10.2 Å². The fraction of sp³-hybridized carbons (Fsp3) is 0.567. The van der Waals surface area contributed by atoms with Gasteiger partial charge in [0.15, 0.2) is 0 Å². The molecular formula is C30H40IrNO3-. The molecule has 1 aromatic carbocycles. The first-order valence-corrected chi connectivity index (χ1v) is 13.1. The molecule has 2 fully saturated rings. The summed E-state index contributed by atoms with van der Waals surface area (Å²) in [5.41, 5.74) is 1.66. The predicted molar refractivity (Wildman–Crippen MR) is 137 cm³/mol. The molecule has 4 nitrogen and oxygen atoms in total. The summed E-state index contributed by atoms with van der Waals surface area (Å²) >= 11 is 0. The Hall–Kier alpha value is -1.52. The van der Waals surface area contributed by atoms with Crippen molar-refractivity contribution in [3.63, 3.8) is 0 Å². The number of aliphatic hydroxyl groups excluding tert-OH is 2. The van der Waals surface area contributed by atoms with Crippen LogP contribution in [0, 0.1) is 41.6 Å². The van der Waals surface area contributed by atoms with E-state index in [-0.39, 0.29) is 38.2 Å². The van der Waals surface area contributed by atoms with Crippen molar-refractivity contribution in [2.45, 2.75) is 72.0 Å². The Kier molecular flexibility index (Phi) is 10.1. The van der Waals surface area contributed by atoms with Gasteiger partial charge < -0.3 is 19.6 Å². The van der Waals surface area contributed by atoms with Crippen LogP contribution in [-0.2, 0) is 20.1 Å². The van der Waals surface area contributed by atoms with E-state index in [1.54, 1.807) is 6.20 Å². The van der Waals surface area contributed by atoms with Crippen molar-refractivity contribution in [2.24, 2.45) is 35.5 Å². The second-order valence-electron chi connectivity index (χ2n) is 10.7. The maximum Gasteiger partial charge on any atom is 0.0626 e. The van der Waals surface area contributed by atoms with Crippen molar-refractivity contribution in [2.75, 3.05) is 0 Å². The summed E-state index contributed by atoms with van der Waals surface area (Å²) in [6.07, 6.45) is 6.98. The van der Waals surface area contributed by atoms with Crippen molar-refractivity contribution in [3.05, 3.63) is 54.7 Å². The van der Waals surface area contributed by atoms with Crippen molar-refractivity contribution >= 4 is 11.0 Å². The largest absolute Gasteiger partial charge is 0.518 e. The number of hydrogen-bond donors (Lipinski definition) is 2. The molecule has 0 aliphatic heterocycles. The van der Waals surface area contributed by atoms with E-state index in [2.05, 4.69) is 38.7 Å². The Bertz CT molecular complexity index is 1000. The van der Waals surface area contributed by atoms with Crippen LogP contribution in [0.2, 0.25) is 0 Å². The van der Waals surface area contributed by atoms with Crippen LogP contribution in [0.15, 0.2) is 53.1 Å². The number of pyridine rings is 1. The Morgan fingerprint density at radius 1 is 1.00 bits per heavy atom. The van der Waals surface area contributed by atoms with Crippen LogP contribution >= 0.6 is 0 Å². The molecule has 7 atom stereocenters. The van der Waals surface area contributed by atoms with Gasteiger partial charge in [-0.25, -0.2) is 0 Å². The van der Waals surface area contributed by atoms with Crippen LogP contribution in [0.5, 0.6) is 0 Å². The standard InChI is InChI=1S/C17H32O2.C13H8NO.Ir/c1-5-11(4)14-9-12-7-6-8-13(10(2)3)16(18)15(12)17(14)19;1-2-7-12-10(5-1)9-13(15-12)11-6-3-4-8-14-11;/h10-19H,5-9H2,1-4H3;1-8H;/q;-1;/t11?,12?,13-,14+,15?,16?,17?;;/m1../s1. The van der Waals surface area contributed by atoms with E-state index in [0.29, 0.717) is 35.3 Å². The second kappa shape index (κ2) is 12.6. The van der Waals surface area contributed by atoms with Crippen LogP contribution < -0.4 is 0 Å². The zero-order valence-corrected chi connectivity index (χ0v) is 23.8. The van der Waals surface area contributed by atoms with E-state index in [1.807, 2.05) is 42.5 Å². The number of nitrogens with zero attached hydrogens (tertiary/aromatic N) is 1. The van der Waals surface area contributed by atoms with Crippen molar-refractivity contribution in [3.8, 4) is 11.5 Å². The van der Waals surface area contributed by atoms with Crippen LogP contribution in [0.25, 0.3) is 22.4 Å². The SMILES string of the molecule is CCC(C)[C@@H]1CC2CCC[C@H](C(C)C)C(O)C2C1O.[Ir].[c-]1c(-c2ccccn2)oc2ccccc12. The van der Waals surface area contributed by atoms with Gasteiger partial charge in [-0.05, 0) is 54.9 Å². The Labute approximate surface area is 223 Å². The molecule has 2 saturated carbocycles. The summed E-state index contributed by atoms with van der Waals surface area (Å²) in [5, 5.41) is 22.5. The fourth-order valence-electron chi connectivity index (χ4n) is 6.20. The number of aromatic nitrogens is 1. The van der Waals surface area contributed by atoms with Crippen LogP contribution in [0.3, 0.4) is 0 Å². The summed E-state index contributed by atoms with van der Waals surface area (Å²) in [6, 6.07) is 16.7. The van der Waals surface area contributed by atoms with Crippen LogP contribution in [-0.4, -0.2) is 27.4 Å². The molecule has 0 bridgehead atoms. The van der Waals surface area contributed by atoms with Gasteiger partial charge in [0.05, 0.1) is 18.0 Å². The van der Waals surface area contributed by atoms with Gasteiger partial charge in [0.1, 0.15) is 0 Å². The summed E-state index contributed by atoms with van der Waals surface area (Å²) in [5.74, 6) is 3.24. The average molecular weight is 655 g/mol. The summed E-state index contributed by atoms with van der Waals surface area (Å²) < 4.78 is 5.64. The molecule has 2 heterocycles. The minimum Gasteiger partial charge on any atom is -0.518 e. The molecule has 5 heteroatoms. The molecular weight excluding hydrogens is 615 g/mol. The van der Waals surface area contributed by atoms with Crippen molar-refractivity contribution < 1.29 is 34.7 Å². The number of furan rings is 1. The number of aliphatic hydroxyl groups is 2. The normalized spacial score (nSPS) is 29.0. The Morgan fingerprint density at radius 3 is 2.37 bits per heavy atom. The van der Waals surface area contributed by atoms with Gasteiger partial charge in [-0.15, -0.1) is 17.5 Å². The van der Waals surface area contributed by atoms with Gasteiger partial charge in [0.2, 0.25) is 0 Å². The van der Waals surface area contributed by atoms with E-state index in [1.165, 1.54) is 12.8 Å². The predicted octanol–water partition coefficient (Wildman–Crippen LogP) is 6.76. The molecule has 0 spiro atoms. The molecule has 193 valence electrons. The zero-order chi connectivity index (χ0) is 24.2. The first-order valence-electron chi connectivity index (χ1n) is 13.1. The number of para-hydroxylation sites is 1. The number of benzene rings is 1. The molecule has 5 rings (SSSR count). The monoisotopic (exact) mass is 655 g/mol. The third-order valence-corrected chi connectivity index (χ3v) is 8.37. The Morgan fingerprint density at radius 2 is 1.71 bits per heavy atom. The smallest absolute Gasteiger partial charge is 0.0626 e. The van der Waals surface area contributed by atoms with Gasteiger partial charge >= 0.3 is 0 Å². The fourth-order valence-corrected chi connectivity index (χ4v) is 6.20. The number of rotatable bonds is 4. The van der Waals surface area contributed by atoms with Gasteiger partial charge in [-0.2, -0.15) is 0 Å². The van der Waals surface area contributed by atoms with Gasteiger partial charge in [0.25, 0.3) is 0 Å². The van der Waals surface area contributed by atoms with E-state index < -0.39 is 0 Å². The number of hydrogen-bond acceptors (Lipinski definition) is 4. The summed E-state index contributed by atoms with van der Waals surface area (Å²) in [4.78, 5) is 4.22. The molecule has 2 aliphatic rings. The molecule has 0 amide bonds. The zero-order valence-electron chi connectivity index (χ0n) is 21.4. The molecule has 1 radical (unpaired) electrons. The van der Waals surface area contributed by atoms with Gasteiger partial charge in [-0.1, -0.05) is 70.9 Å². The molecule has 2 N–H and O–H groups in total. The van der Waals surface area contributed by atoms with Gasteiger partial charge in [-0.3, -0.25) is 0 Å². The quantitative estimate of drug-likeness (QED) is 0.306. The summed E-state index contributed by atoms with van der Waals surface area (Å²) in [6.45, 7) is 8.88. The average Bonchev–Trinajstić information content (AvgIpc) is 3.38. The van der Waals surface area contributed by atoms with Crippen LogP contribution in [0.4, 0.5) is 0 Å². The van der Waals surface area contributed by atoms with Crippen molar-refractivity contribution in [1.82, 2.24) is 4.98 Å². The first-order chi connectivity index (χ1) is 16.4. The molecule has 35 heavy (non-hydrogen) atoms. The Balaban J connectivity index is 0.000000194. The molecule has 5 unspecified atom stereocenters. The van der Waals surface area contributed by atoms with E-state index in [0.717, 1.165) is 35.9 Å². The first kappa shape index (κ1) is 28.1. The minimum absolute atomic E-state index is 0. The minimum atomic E-state index is -0.295. The summed E-state index contributed by atoms with van der Waals surface area (Å²) in [7, 11) is 0. The molecule has 2 aliphatic carbocycles.